The zero-order chi connectivity index (χ0) is 9.26. The summed E-state index contributed by atoms with van der Waals surface area (Å²) >= 11 is 0. The number of carbonyl (C=O) groups is 1. The highest BCUT2D eigenvalue weighted by molar-refractivity contribution is 5.99. The van der Waals surface area contributed by atoms with Gasteiger partial charge in [0.1, 0.15) is 11.6 Å². The van der Waals surface area contributed by atoms with Crippen molar-refractivity contribution in [3.05, 3.63) is 23.9 Å². The van der Waals surface area contributed by atoms with Gasteiger partial charge in [-0.25, -0.2) is 0 Å². The highest BCUT2D eigenvalue weighted by Gasteiger charge is 2.28. The maximum absolute atomic E-state index is 11.1. The first kappa shape index (κ1) is 7.57. The van der Waals surface area contributed by atoms with Crippen LogP contribution in [0.15, 0.2) is 6.07 Å². The van der Waals surface area contributed by atoms with E-state index in [2.05, 4.69) is 17.2 Å². The Kier molecular flexibility index (Phi) is 1.61. The topological polar surface area (TPSA) is 57.0 Å². The summed E-state index contributed by atoms with van der Waals surface area (Å²) in [6.45, 7) is 0.637. The fraction of sp³-hybridized carbons (Fsp3) is 0.222. The molecule has 0 saturated carbocycles. The lowest BCUT2D eigenvalue weighted by atomic mass is 10.1. The molecule has 0 bridgehead atoms. The van der Waals surface area contributed by atoms with E-state index >= 15 is 0 Å². The lowest BCUT2D eigenvalue weighted by Gasteiger charge is -2.29. The Bertz CT molecular complexity index is 394. The van der Waals surface area contributed by atoms with Crippen molar-refractivity contribution in [1.29, 1.82) is 5.26 Å². The van der Waals surface area contributed by atoms with Crippen LogP contribution < -0.4 is 4.90 Å². The Morgan fingerprint density at radius 2 is 2.54 bits per heavy atom. The van der Waals surface area contributed by atoms with Crippen molar-refractivity contribution in [2.24, 2.45) is 0 Å². The van der Waals surface area contributed by atoms with E-state index in [1.54, 1.807) is 0 Å². The van der Waals surface area contributed by atoms with Gasteiger partial charge >= 0.3 is 0 Å². The van der Waals surface area contributed by atoms with Crippen molar-refractivity contribution in [3.63, 3.8) is 0 Å². The highest BCUT2D eigenvalue weighted by atomic mass is 16.2. The van der Waals surface area contributed by atoms with Crippen LogP contribution in [0.1, 0.15) is 12.0 Å². The molecule has 0 N–H and O–H groups in total. The van der Waals surface area contributed by atoms with E-state index in [4.69, 9.17) is 5.26 Å². The third kappa shape index (κ3) is 1.09. The molecule has 1 aromatic rings. The van der Waals surface area contributed by atoms with E-state index in [-0.39, 0.29) is 5.91 Å². The quantitative estimate of drug-likeness (QED) is 0.570. The van der Waals surface area contributed by atoms with E-state index in [1.807, 2.05) is 6.07 Å². The molecule has 0 spiro atoms. The minimum Gasteiger partial charge on any atom is -0.294 e. The van der Waals surface area contributed by atoms with Crippen LogP contribution in [0.4, 0.5) is 5.82 Å². The molecule has 0 aliphatic carbocycles. The van der Waals surface area contributed by atoms with Gasteiger partial charge in [0, 0.05) is 25.2 Å². The number of rotatable bonds is 1. The molecule has 4 nitrogen and oxygen atoms in total. The third-order valence-corrected chi connectivity index (χ3v) is 1.91. The molecule has 0 unspecified atom stereocenters. The molecular weight excluding hydrogens is 166 g/mol. The van der Waals surface area contributed by atoms with Crippen LogP contribution in [0.3, 0.4) is 0 Å². The van der Waals surface area contributed by atoms with Gasteiger partial charge in [0.15, 0.2) is 5.82 Å². The molecule has 1 saturated heterocycles. The van der Waals surface area contributed by atoms with Gasteiger partial charge in [0.2, 0.25) is 5.91 Å². The highest BCUT2D eigenvalue weighted by Crippen LogP contribution is 2.21. The van der Waals surface area contributed by atoms with Gasteiger partial charge in [-0.05, 0) is 6.07 Å². The van der Waals surface area contributed by atoms with Crippen molar-refractivity contribution in [2.45, 2.75) is 6.42 Å². The van der Waals surface area contributed by atoms with Gasteiger partial charge in [-0.2, -0.15) is 10.2 Å². The van der Waals surface area contributed by atoms with Crippen LogP contribution in [-0.4, -0.2) is 17.4 Å². The first-order valence-electron chi connectivity index (χ1n) is 3.82. The zero-order valence-corrected chi connectivity index (χ0v) is 6.74. The molecule has 1 aliphatic rings. The van der Waals surface area contributed by atoms with Crippen molar-refractivity contribution >= 4 is 11.7 Å². The third-order valence-electron chi connectivity index (χ3n) is 1.91. The maximum Gasteiger partial charge on any atom is 0.230 e. The summed E-state index contributed by atoms with van der Waals surface area (Å²) < 4.78 is 0. The van der Waals surface area contributed by atoms with Gasteiger partial charge in [0.05, 0.1) is 0 Å². The lowest BCUT2D eigenvalue weighted by Crippen LogP contribution is -2.44. The Hall–Kier alpha value is -2.07. The predicted molar refractivity (Wildman–Crippen MR) is 43.6 cm³/mol. The van der Waals surface area contributed by atoms with Crippen LogP contribution in [0.5, 0.6) is 0 Å². The normalized spacial score (nSPS) is 14.4. The average Bonchev–Trinajstić information content (AvgIpc) is 2.16. The number of anilines is 1. The minimum atomic E-state index is 0.00333. The molecular formula is C9H5N3O. The van der Waals surface area contributed by atoms with Crippen LogP contribution in [0.25, 0.3) is 0 Å². The van der Waals surface area contributed by atoms with Crippen LogP contribution in [0.2, 0.25) is 0 Å². The van der Waals surface area contributed by atoms with Crippen LogP contribution in [0, 0.1) is 23.6 Å². The van der Waals surface area contributed by atoms with Crippen LogP contribution >= 0.6 is 0 Å². The molecule has 62 valence electrons. The number of carbonyl (C=O) groups excluding carboxylic acids is 1. The monoisotopic (exact) mass is 171 g/mol. The molecule has 0 aromatic carbocycles. The second-order valence-corrected chi connectivity index (χ2v) is 2.66. The predicted octanol–water partition coefficient (Wildman–Crippen LogP) is 0.290. The molecule has 1 aliphatic heterocycles. The average molecular weight is 171 g/mol. The first-order valence-corrected chi connectivity index (χ1v) is 3.82. The van der Waals surface area contributed by atoms with E-state index in [9.17, 15) is 4.79 Å². The van der Waals surface area contributed by atoms with Crippen molar-refractivity contribution < 1.29 is 4.79 Å². The number of aromatic nitrogens is 1. The number of nitriles is 1. The summed E-state index contributed by atoms with van der Waals surface area (Å²) in [5.41, 5.74) is 0.367. The van der Waals surface area contributed by atoms with E-state index in [0.717, 1.165) is 0 Å². The number of hydrogen-bond donors (Lipinski definition) is 0. The largest absolute Gasteiger partial charge is 0.294 e. The molecule has 4 heteroatoms. The Labute approximate surface area is 75.4 Å². The Balaban J connectivity index is 2.40. The van der Waals surface area contributed by atoms with Crippen LogP contribution in [-0.2, 0) is 4.79 Å². The first-order chi connectivity index (χ1) is 6.33. The summed E-state index contributed by atoms with van der Waals surface area (Å²) in [6, 6.07) is 6.01. The van der Waals surface area contributed by atoms with E-state index in [1.165, 1.54) is 11.0 Å². The van der Waals surface area contributed by atoms with E-state index < -0.39 is 0 Å². The standard InChI is InChI=1S/C9H5N3O/c10-6-7-2-1-4-11-9(7)12-5-3-8(12)13/h2H,3,5H2. The molecule has 1 amide bonds. The molecule has 1 aromatic heterocycles. The smallest absolute Gasteiger partial charge is 0.230 e. The van der Waals surface area contributed by atoms with Crippen molar-refractivity contribution in [2.75, 3.05) is 11.4 Å². The van der Waals surface area contributed by atoms with Gasteiger partial charge in [0.25, 0.3) is 0 Å². The number of hydrogen-bond acceptors (Lipinski definition) is 3. The summed E-state index contributed by atoms with van der Waals surface area (Å²) in [5.74, 6) is 0.404. The van der Waals surface area contributed by atoms with Gasteiger partial charge in [-0.3, -0.25) is 9.69 Å². The fourth-order valence-electron chi connectivity index (χ4n) is 1.14. The van der Waals surface area contributed by atoms with Gasteiger partial charge in [-0.15, -0.1) is 0 Å². The fourth-order valence-corrected chi connectivity index (χ4v) is 1.14. The molecule has 1 fully saturated rings. The minimum absolute atomic E-state index is 0.00333. The summed E-state index contributed by atoms with van der Waals surface area (Å²) in [4.78, 5) is 16.4. The maximum atomic E-state index is 11.1. The molecule has 0 atom stereocenters. The summed E-state index contributed by atoms with van der Waals surface area (Å²) in [7, 11) is 0. The van der Waals surface area contributed by atoms with Crippen molar-refractivity contribution in [3.8, 4) is 6.07 Å². The van der Waals surface area contributed by atoms with Crippen molar-refractivity contribution in [1.82, 2.24) is 4.98 Å². The molecule has 0 radical (unpaired) electrons. The summed E-state index contributed by atoms with van der Waals surface area (Å²) in [5, 5.41) is 8.71. The number of amides is 1. The summed E-state index contributed by atoms with van der Waals surface area (Å²) in [6.07, 6.45) is 3.02. The SMILES string of the molecule is N#Cc1cc#cnc1N1CCC1=O. The molecule has 2 rings (SSSR count). The lowest BCUT2D eigenvalue weighted by molar-refractivity contribution is -0.122. The van der Waals surface area contributed by atoms with E-state index in [0.29, 0.717) is 24.3 Å². The second-order valence-electron chi connectivity index (χ2n) is 2.66. The zero-order valence-electron chi connectivity index (χ0n) is 6.74. The molecule has 2 heterocycles. The molecule has 13 heavy (non-hydrogen) atoms. The second kappa shape index (κ2) is 2.76. The Morgan fingerprint density at radius 1 is 1.69 bits per heavy atom. The van der Waals surface area contributed by atoms with Gasteiger partial charge < -0.3 is 0 Å². The number of nitrogens with zero attached hydrogens (tertiary/aromatic N) is 3. The van der Waals surface area contributed by atoms with Gasteiger partial charge in [-0.1, -0.05) is 0 Å². The Morgan fingerprint density at radius 3 is 3.08 bits per heavy atom. The number of β-lactam (4-membered cyclic amide) rings is 1.